The summed E-state index contributed by atoms with van der Waals surface area (Å²) in [5, 5.41) is 3.56. The molecule has 1 aliphatic carbocycles. The van der Waals surface area contributed by atoms with Crippen molar-refractivity contribution in [3.05, 3.63) is 18.2 Å². The zero-order valence-electron chi connectivity index (χ0n) is 12.1. The molecule has 1 aromatic rings. The predicted molar refractivity (Wildman–Crippen MR) is 75.6 cm³/mol. The summed E-state index contributed by atoms with van der Waals surface area (Å²) in [4.78, 5) is 4.35. The normalized spacial score (nSPS) is 18.8. The molecule has 1 aromatic heterocycles. The van der Waals surface area contributed by atoms with E-state index in [0.29, 0.717) is 6.04 Å². The maximum atomic E-state index is 4.35. The van der Waals surface area contributed by atoms with E-state index in [2.05, 4.69) is 35.6 Å². The summed E-state index contributed by atoms with van der Waals surface area (Å²) in [7, 11) is 0. The molecule has 2 rings (SSSR count). The molecular weight excluding hydrogens is 222 g/mol. The Balaban J connectivity index is 2.02. The predicted octanol–water partition coefficient (Wildman–Crippen LogP) is 3.67. The highest BCUT2D eigenvalue weighted by atomic mass is 15.1. The first-order valence-corrected chi connectivity index (χ1v) is 7.32. The van der Waals surface area contributed by atoms with Crippen LogP contribution in [0.5, 0.6) is 0 Å². The Morgan fingerprint density at radius 1 is 1.22 bits per heavy atom. The number of hydrogen-bond acceptors (Lipinski definition) is 2. The molecular formula is C15H27N3. The largest absolute Gasteiger partial charge is 0.330 e. The van der Waals surface area contributed by atoms with Gasteiger partial charge in [0.15, 0.2) is 0 Å². The minimum absolute atomic E-state index is 0.165. The molecule has 1 saturated carbocycles. The van der Waals surface area contributed by atoms with E-state index in [1.807, 2.05) is 12.5 Å². The number of aromatic nitrogens is 2. The van der Waals surface area contributed by atoms with Crippen LogP contribution in [-0.4, -0.2) is 15.1 Å². The van der Waals surface area contributed by atoms with E-state index < -0.39 is 0 Å². The van der Waals surface area contributed by atoms with E-state index in [4.69, 9.17) is 0 Å². The number of hydrogen-bond donors (Lipinski definition) is 1. The van der Waals surface area contributed by atoms with E-state index in [9.17, 15) is 0 Å². The molecule has 0 unspecified atom stereocenters. The van der Waals surface area contributed by atoms with Crippen molar-refractivity contribution >= 4 is 0 Å². The highest BCUT2D eigenvalue weighted by Gasteiger charge is 2.17. The standard InChI is InChI=1S/C15H27N3/c1-15(2,3)17-11-14-10-16-12-18(14)13-8-6-4-5-7-9-13/h10,12-13,17H,4-9,11H2,1-3H3. The maximum Gasteiger partial charge on any atom is 0.0951 e. The molecule has 1 fully saturated rings. The molecule has 0 aromatic carbocycles. The summed E-state index contributed by atoms with van der Waals surface area (Å²) < 4.78 is 2.41. The minimum Gasteiger partial charge on any atom is -0.330 e. The van der Waals surface area contributed by atoms with Crippen molar-refractivity contribution in [2.75, 3.05) is 0 Å². The smallest absolute Gasteiger partial charge is 0.0951 e. The van der Waals surface area contributed by atoms with Crippen LogP contribution in [0.4, 0.5) is 0 Å². The first-order chi connectivity index (χ1) is 8.56. The Labute approximate surface area is 111 Å². The molecule has 0 aliphatic heterocycles. The van der Waals surface area contributed by atoms with Gasteiger partial charge in [0.1, 0.15) is 0 Å². The van der Waals surface area contributed by atoms with Crippen LogP contribution in [0.1, 0.15) is 71.0 Å². The van der Waals surface area contributed by atoms with Crippen molar-refractivity contribution in [1.29, 1.82) is 0 Å². The molecule has 102 valence electrons. The molecule has 1 heterocycles. The van der Waals surface area contributed by atoms with Gasteiger partial charge >= 0.3 is 0 Å². The van der Waals surface area contributed by atoms with Crippen LogP contribution in [-0.2, 0) is 6.54 Å². The highest BCUT2D eigenvalue weighted by Crippen LogP contribution is 2.28. The van der Waals surface area contributed by atoms with Gasteiger partial charge in [-0.05, 0) is 33.6 Å². The van der Waals surface area contributed by atoms with Crippen molar-refractivity contribution in [2.45, 2.75) is 77.4 Å². The molecule has 0 radical (unpaired) electrons. The van der Waals surface area contributed by atoms with Crippen LogP contribution in [0.25, 0.3) is 0 Å². The molecule has 0 amide bonds. The molecule has 0 spiro atoms. The van der Waals surface area contributed by atoms with Crippen molar-refractivity contribution in [1.82, 2.24) is 14.9 Å². The van der Waals surface area contributed by atoms with Crippen LogP contribution in [0.3, 0.4) is 0 Å². The second-order valence-corrected chi connectivity index (χ2v) is 6.54. The summed E-state index contributed by atoms with van der Waals surface area (Å²) in [6, 6.07) is 0.673. The summed E-state index contributed by atoms with van der Waals surface area (Å²) in [5.41, 5.74) is 1.50. The zero-order valence-corrected chi connectivity index (χ0v) is 12.1. The third-order valence-corrected chi connectivity index (χ3v) is 3.76. The second-order valence-electron chi connectivity index (χ2n) is 6.54. The highest BCUT2D eigenvalue weighted by molar-refractivity contribution is 5.01. The van der Waals surface area contributed by atoms with Gasteiger partial charge in [0.05, 0.1) is 12.0 Å². The van der Waals surface area contributed by atoms with Crippen molar-refractivity contribution < 1.29 is 0 Å². The molecule has 0 bridgehead atoms. The number of imidazole rings is 1. The Kier molecular flexibility index (Phi) is 4.44. The fraction of sp³-hybridized carbons (Fsp3) is 0.800. The van der Waals surface area contributed by atoms with Gasteiger partial charge in [-0.3, -0.25) is 0 Å². The van der Waals surface area contributed by atoms with Crippen LogP contribution in [0, 0.1) is 0 Å². The molecule has 3 heteroatoms. The topological polar surface area (TPSA) is 29.9 Å². The first kappa shape index (κ1) is 13.6. The third-order valence-electron chi connectivity index (χ3n) is 3.76. The van der Waals surface area contributed by atoms with Crippen LogP contribution >= 0.6 is 0 Å². The average Bonchev–Trinajstić information content (AvgIpc) is 2.59. The number of rotatable bonds is 3. The number of nitrogens with one attached hydrogen (secondary N) is 1. The first-order valence-electron chi connectivity index (χ1n) is 7.32. The van der Waals surface area contributed by atoms with Gasteiger partial charge in [0.25, 0.3) is 0 Å². The molecule has 1 N–H and O–H groups in total. The quantitative estimate of drug-likeness (QED) is 0.828. The second kappa shape index (κ2) is 5.87. The third kappa shape index (κ3) is 3.84. The Bertz CT molecular complexity index is 354. The molecule has 0 saturated heterocycles. The Hall–Kier alpha value is -0.830. The van der Waals surface area contributed by atoms with Crippen molar-refractivity contribution in [3.63, 3.8) is 0 Å². The lowest BCUT2D eigenvalue weighted by molar-refractivity contribution is 0.391. The molecule has 1 aliphatic rings. The summed E-state index contributed by atoms with van der Waals surface area (Å²) in [6.45, 7) is 7.54. The lowest BCUT2D eigenvalue weighted by Gasteiger charge is -2.23. The lowest BCUT2D eigenvalue weighted by atomic mass is 10.1. The summed E-state index contributed by atoms with van der Waals surface area (Å²) >= 11 is 0. The lowest BCUT2D eigenvalue weighted by Crippen LogP contribution is -2.35. The van der Waals surface area contributed by atoms with Gasteiger partial charge in [-0.1, -0.05) is 25.7 Å². The van der Waals surface area contributed by atoms with Crippen LogP contribution in [0.2, 0.25) is 0 Å². The van der Waals surface area contributed by atoms with Gasteiger partial charge in [0, 0.05) is 24.3 Å². The van der Waals surface area contributed by atoms with E-state index in [-0.39, 0.29) is 5.54 Å². The van der Waals surface area contributed by atoms with Gasteiger partial charge in [-0.25, -0.2) is 4.98 Å². The van der Waals surface area contributed by atoms with Gasteiger partial charge in [-0.2, -0.15) is 0 Å². The molecule has 3 nitrogen and oxygen atoms in total. The van der Waals surface area contributed by atoms with Crippen molar-refractivity contribution in [3.8, 4) is 0 Å². The fourth-order valence-electron chi connectivity index (χ4n) is 2.69. The fourth-order valence-corrected chi connectivity index (χ4v) is 2.69. The minimum atomic E-state index is 0.165. The Morgan fingerprint density at radius 3 is 2.50 bits per heavy atom. The molecule has 0 atom stereocenters. The zero-order chi connectivity index (χ0) is 13.0. The van der Waals surface area contributed by atoms with Crippen molar-refractivity contribution in [2.24, 2.45) is 0 Å². The number of nitrogens with zero attached hydrogens (tertiary/aromatic N) is 2. The monoisotopic (exact) mass is 249 g/mol. The van der Waals surface area contributed by atoms with Gasteiger partial charge in [0.2, 0.25) is 0 Å². The summed E-state index contributed by atoms with van der Waals surface area (Å²) in [5.74, 6) is 0. The van der Waals surface area contributed by atoms with E-state index in [1.165, 1.54) is 44.2 Å². The molecule has 18 heavy (non-hydrogen) atoms. The van der Waals surface area contributed by atoms with E-state index >= 15 is 0 Å². The van der Waals surface area contributed by atoms with Gasteiger partial charge < -0.3 is 9.88 Å². The van der Waals surface area contributed by atoms with Gasteiger partial charge in [-0.15, -0.1) is 0 Å². The van der Waals surface area contributed by atoms with E-state index in [0.717, 1.165) is 6.54 Å². The van der Waals surface area contributed by atoms with E-state index in [1.54, 1.807) is 0 Å². The maximum absolute atomic E-state index is 4.35. The van der Waals surface area contributed by atoms with Crippen LogP contribution in [0.15, 0.2) is 12.5 Å². The summed E-state index contributed by atoms with van der Waals surface area (Å²) in [6.07, 6.45) is 12.2. The van der Waals surface area contributed by atoms with Crippen LogP contribution < -0.4 is 5.32 Å². The Morgan fingerprint density at radius 2 is 1.89 bits per heavy atom. The SMILES string of the molecule is CC(C)(C)NCc1cncn1C1CCCCCC1. The average molecular weight is 249 g/mol.